The van der Waals surface area contributed by atoms with Crippen molar-refractivity contribution in [3.05, 3.63) is 11.6 Å². The number of aliphatic hydroxyl groups is 1. The average molecular weight is 341 g/mol. The first-order valence-corrected chi connectivity index (χ1v) is 11.7. The SMILES string of the molecule is CC1(C)O[C@H]2[C@@H]3C(CO)=C[C@@H](O[Si](C)(C)C(C)(C)C)[C@@H]3C[C@H]2O1. The quantitative estimate of drug-likeness (QED) is 0.631. The molecule has 0 aromatic carbocycles. The second-order valence-electron chi connectivity index (χ2n) is 9.31. The Balaban J connectivity index is 1.81. The molecule has 4 nitrogen and oxygen atoms in total. The first-order chi connectivity index (χ1) is 10.5. The molecule has 1 heterocycles. The molecule has 0 aromatic heterocycles. The van der Waals surface area contributed by atoms with Gasteiger partial charge in [-0.1, -0.05) is 26.8 Å². The van der Waals surface area contributed by atoms with E-state index in [2.05, 4.69) is 39.9 Å². The van der Waals surface area contributed by atoms with Crippen LogP contribution < -0.4 is 0 Å². The zero-order valence-electron chi connectivity index (χ0n) is 15.6. The Morgan fingerprint density at radius 2 is 1.96 bits per heavy atom. The monoisotopic (exact) mass is 340 g/mol. The second-order valence-corrected chi connectivity index (χ2v) is 14.1. The van der Waals surface area contributed by atoms with E-state index in [0.717, 1.165) is 12.0 Å². The molecule has 0 unspecified atom stereocenters. The summed E-state index contributed by atoms with van der Waals surface area (Å²) in [7, 11) is -1.84. The van der Waals surface area contributed by atoms with E-state index in [0.29, 0.717) is 5.92 Å². The molecule has 3 rings (SSSR count). The fourth-order valence-corrected chi connectivity index (χ4v) is 5.35. The first-order valence-electron chi connectivity index (χ1n) is 8.80. The van der Waals surface area contributed by atoms with E-state index in [-0.39, 0.29) is 35.9 Å². The Morgan fingerprint density at radius 1 is 1.30 bits per heavy atom. The van der Waals surface area contributed by atoms with Crippen molar-refractivity contribution >= 4 is 8.32 Å². The smallest absolute Gasteiger partial charge is 0.192 e. The zero-order valence-corrected chi connectivity index (χ0v) is 16.6. The number of ether oxygens (including phenoxy) is 2. The molecule has 1 aliphatic heterocycles. The van der Waals surface area contributed by atoms with Gasteiger partial charge >= 0.3 is 0 Å². The lowest BCUT2D eigenvalue weighted by atomic mass is 9.92. The molecule has 0 radical (unpaired) electrons. The molecule has 0 amide bonds. The van der Waals surface area contributed by atoms with E-state index < -0.39 is 14.1 Å². The van der Waals surface area contributed by atoms with Crippen molar-refractivity contribution < 1.29 is 19.0 Å². The van der Waals surface area contributed by atoms with Crippen molar-refractivity contribution in [3.63, 3.8) is 0 Å². The number of rotatable bonds is 3. The van der Waals surface area contributed by atoms with Gasteiger partial charge in [0.25, 0.3) is 0 Å². The highest BCUT2D eigenvalue weighted by molar-refractivity contribution is 6.74. The summed E-state index contributed by atoms with van der Waals surface area (Å²) in [5.74, 6) is 0.0955. The van der Waals surface area contributed by atoms with Gasteiger partial charge in [-0.3, -0.25) is 0 Å². The van der Waals surface area contributed by atoms with Gasteiger partial charge in [-0.15, -0.1) is 0 Å². The number of hydrogen-bond acceptors (Lipinski definition) is 4. The van der Waals surface area contributed by atoms with Crippen LogP contribution in [0.2, 0.25) is 18.1 Å². The lowest BCUT2D eigenvalue weighted by Crippen LogP contribution is -2.45. The van der Waals surface area contributed by atoms with E-state index in [1.165, 1.54) is 0 Å². The maximum absolute atomic E-state index is 9.83. The minimum atomic E-state index is -1.84. The van der Waals surface area contributed by atoms with Crippen molar-refractivity contribution in [2.24, 2.45) is 11.8 Å². The molecule has 0 bridgehead atoms. The summed E-state index contributed by atoms with van der Waals surface area (Å²) in [4.78, 5) is 0. The van der Waals surface area contributed by atoms with Gasteiger partial charge < -0.3 is 19.0 Å². The maximum atomic E-state index is 9.83. The molecular weight excluding hydrogens is 308 g/mol. The van der Waals surface area contributed by atoms with E-state index >= 15 is 0 Å². The van der Waals surface area contributed by atoms with Crippen molar-refractivity contribution in [1.82, 2.24) is 0 Å². The van der Waals surface area contributed by atoms with Gasteiger partial charge in [0.2, 0.25) is 0 Å². The van der Waals surface area contributed by atoms with E-state index in [4.69, 9.17) is 13.9 Å². The lowest BCUT2D eigenvalue weighted by molar-refractivity contribution is -0.159. The molecule has 23 heavy (non-hydrogen) atoms. The third-order valence-corrected chi connectivity index (χ3v) is 10.7. The van der Waals surface area contributed by atoms with Crippen molar-refractivity contribution in [1.29, 1.82) is 0 Å². The minimum Gasteiger partial charge on any atom is -0.410 e. The molecule has 5 heteroatoms. The standard InChI is InChI=1S/C18H32O4Si/c1-17(2,3)23(6,7)22-13-8-11(10-19)15-12(13)9-14-16(15)21-18(4,5)20-14/h8,12-16,19H,9-10H2,1-7H3/t12-,13+,14+,15+,16+/m0/s1. The summed E-state index contributed by atoms with van der Waals surface area (Å²) in [5, 5.41) is 10.0. The molecule has 2 fully saturated rings. The first kappa shape index (κ1) is 17.6. The predicted molar refractivity (Wildman–Crippen MR) is 92.7 cm³/mol. The van der Waals surface area contributed by atoms with Crippen LogP contribution >= 0.6 is 0 Å². The predicted octanol–water partition coefficient (Wildman–Crippen LogP) is 3.47. The van der Waals surface area contributed by atoms with Crippen LogP contribution in [0.5, 0.6) is 0 Å². The molecule has 0 aromatic rings. The molecule has 2 aliphatic carbocycles. The van der Waals surface area contributed by atoms with Gasteiger partial charge in [-0.2, -0.15) is 0 Å². The normalized spacial score (nSPS) is 39.3. The third kappa shape index (κ3) is 2.95. The molecule has 1 N–H and O–H groups in total. The van der Waals surface area contributed by atoms with Gasteiger partial charge in [-0.05, 0) is 49.9 Å². The van der Waals surface area contributed by atoms with Crippen LogP contribution in [0.15, 0.2) is 11.6 Å². The van der Waals surface area contributed by atoms with Crippen LogP contribution in [0, 0.1) is 11.8 Å². The summed E-state index contributed by atoms with van der Waals surface area (Å²) >= 11 is 0. The fraction of sp³-hybridized carbons (Fsp3) is 0.889. The van der Waals surface area contributed by atoms with Crippen LogP contribution in [0.4, 0.5) is 0 Å². The van der Waals surface area contributed by atoms with Gasteiger partial charge in [0, 0.05) is 5.92 Å². The summed E-state index contributed by atoms with van der Waals surface area (Å²) < 4.78 is 18.9. The fourth-order valence-electron chi connectivity index (χ4n) is 4.07. The summed E-state index contributed by atoms with van der Waals surface area (Å²) in [6.07, 6.45) is 3.39. The summed E-state index contributed by atoms with van der Waals surface area (Å²) in [5.41, 5.74) is 1.08. The second kappa shape index (κ2) is 5.40. The highest BCUT2D eigenvalue weighted by Crippen LogP contribution is 2.53. The Hall–Kier alpha value is -0.203. The largest absolute Gasteiger partial charge is 0.410 e. The van der Waals surface area contributed by atoms with Crippen LogP contribution in [0.25, 0.3) is 0 Å². The Bertz CT molecular complexity index is 506. The van der Waals surface area contributed by atoms with E-state index in [9.17, 15) is 5.11 Å². The lowest BCUT2D eigenvalue weighted by Gasteiger charge is -2.39. The van der Waals surface area contributed by atoms with Crippen molar-refractivity contribution in [2.45, 2.75) is 83.3 Å². The van der Waals surface area contributed by atoms with Crippen LogP contribution in [0.1, 0.15) is 41.0 Å². The van der Waals surface area contributed by atoms with Crippen LogP contribution in [-0.4, -0.2) is 44.1 Å². The third-order valence-electron chi connectivity index (χ3n) is 6.19. The highest BCUT2D eigenvalue weighted by atomic mass is 28.4. The van der Waals surface area contributed by atoms with E-state index in [1.54, 1.807) is 0 Å². The molecule has 3 aliphatic rings. The zero-order chi connectivity index (χ0) is 17.2. The topological polar surface area (TPSA) is 47.9 Å². The molecule has 1 saturated heterocycles. The number of fused-ring (bicyclic) bond motifs is 3. The maximum Gasteiger partial charge on any atom is 0.192 e. The molecule has 1 saturated carbocycles. The number of aliphatic hydroxyl groups excluding tert-OH is 1. The molecular formula is C18H32O4Si. The molecule has 132 valence electrons. The van der Waals surface area contributed by atoms with Gasteiger partial charge in [0.05, 0.1) is 24.9 Å². The van der Waals surface area contributed by atoms with Crippen molar-refractivity contribution in [2.75, 3.05) is 6.61 Å². The summed E-state index contributed by atoms with van der Waals surface area (Å²) in [6, 6.07) is 0. The highest BCUT2D eigenvalue weighted by Gasteiger charge is 2.58. The molecule has 0 spiro atoms. The average Bonchev–Trinajstić information content (AvgIpc) is 2.95. The van der Waals surface area contributed by atoms with Crippen molar-refractivity contribution in [3.8, 4) is 0 Å². The Kier molecular flexibility index (Phi) is 4.13. The Morgan fingerprint density at radius 3 is 2.52 bits per heavy atom. The number of hydrogen-bond donors (Lipinski definition) is 1. The van der Waals surface area contributed by atoms with Crippen LogP contribution in [0.3, 0.4) is 0 Å². The molecule has 5 atom stereocenters. The van der Waals surface area contributed by atoms with Gasteiger partial charge in [0.1, 0.15) is 0 Å². The van der Waals surface area contributed by atoms with Crippen LogP contribution in [-0.2, 0) is 13.9 Å². The summed E-state index contributed by atoms with van der Waals surface area (Å²) in [6.45, 7) is 15.4. The van der Waals surface area contributed by atoms with Gasteiger partial charge in [0.15, 0.2) is 14.1 Å². The minimum absolute atomic E-state index is 0.0569. The van der Waals surface area contributed by atoms with E-state index in [1.807, 2.05) is 13.8 Å². The van der Waals surface area contributed by atoms with Gasteiger partial charge in [-0.25, -0.2) is 0 Å². The Labute approximate surface area is 141 Å².